The maximum absolute atomic E-state index is 6.23. The van der Waals surface area contributed by atoms with E-state index >= 15 is 0 Å². The Balaban J connectivity index is 1.78. The van der Waals surface area contributed by atoms with E-state index in [1.54, 1.807) is 0 Å². The van der Waals surface area contributed by atoms with Gasteiger partial charge in [0.15, 0.2) is 0 Å². The molecule has 0 amide bonds. The fourth-order valence-electron chi connectivity index (χ4n) is 3.43. The summed E-state index contributed by atoms with van der Waals surface area (Å²) in [7, 11) is 0. The summed E-state index contributed by atoms with van der Waals surface area (Å²) < 4.78 is 12.0. The van der Waals surface area contributed by atoms with E-state index in [0.717, 1.165) is 25.7 Å². The van der Waals surface area contributed by atoms with Crippen LogP contribution in [0.1, 0.15) is 58.8 Å². The highest BCUT2D eigenvalue weighted by Gasteiger charge is 2.30. The Kier molecular flexibility index (Phi) is 6.62. The number of nitrogens with one attached hydrogen (secondary N) is 1. The molecule has 2 rings (SSSR count). The van der Waals surface area contributed by atoms with Crippen molar-refractivity contribution in [3.63, 3.8) is 0 Å². The molecule has 0 aromatic heterocycles. The zero-order valence-corrected chi connectivity index (χ0v) is 12.7. The van der Waals surface area contributed by atoms with Gasteiger partial charge in [-0.05, 0) is 51.0 Å². The van der Waals surface area contributed by atoms with Crippen molar-refractivity contribution in [1.29, 1.82) is 0 Å². The van der Waals surface area contributed by atoms with E-state index in [1.165, 1.54) is 44.9 Å². The summed E-state index contributed by atoms with van der Waals surface area (Å²) in [5.74, 6) is 0.854. The van der Waals surface area contributed by atoms with E-state index in [1.807, 2.05) is 0 Å². The number of hydrogen-bond acceptors (Lipinski definition) is 3. The summed E-state index contributed by atoms with van der Waals surface area (Å²) in [4.78, 5) is 0. The zero-order chi connectivity index (χ0) is 13.5. The molecular weight excluding hydrogens is 238 g/mol. The Hall–Kier alpha value is -0.120. The van der Waals surface area contributed by atoms with Crippen molar-refractivity contribution in [2.75, 3.05) is 19.8 Å². The van der Waals surface area contributed by atoms with Gasteiger partial charge in [-0.25, -0.2) is 0 Å². The third-order valence-corrected chi connectivity index (χ3v) is 4.71. The third kappa shape index (κ3) is 4.73. The number of likely N-dealkylation sites (N-methyl/N-ethyl adjacent to an activating group) is 1. The van der Waals surface area contributed by atoms with Crippen LogP contribution < -0.4 is 5.32 Å². The van der Waals surface area contributed by atoms with Crippen LogP contribution in [0.4, 0.5) is 0 Å². The molecule has 1 heterocycles. The van der Waals surface area contributed by atoms with Crippen LogP contribution in [-0.4, -0.2) is 38.0 Å². The molecule has 0 aromatic rings. The molecule has 19 heavy (non-hydrogen) atoms. The van der Waals surface area contributed by atoms with E-state index in [0.29, 0.717) is 18.2 Å². The summed E-state index contributed by atoms with van der Waals surface area (Å²) >= 11 is 0. The second-order valence-corrected chi connectivity index (χ2v) is 6.11. The quantitative estimate of drug-likeness (QED) is 0.803. The lowest BCUT2D eigenvalue weighted by Crippen LogP contribution is -2.46. The largest absolute Gasteiger partial charge is 0.376 e. The molecule has 112 valence electrons. The van der Waals surface area contributed by atoms with Crippen molar-refractivity contribution < 1.29 is 9.47 Å². The number of ether oxygens (including phenoxy) is 2. The minimum absolute atomic E-state index is 0.345. The van der Waals surface area contributed by atoms with Gasteiger partial charge in [0, 0.05) is 12.6 Å². The minimum atomic E-state index is 0.345. The molecule has 4 atom stereocenters. The van der Waals surface area contributed by atoms with Gasteiger partial charge >= 0.3 is 0 Å². The molecule has 0 spiro atoms. The highest BCUT2D eigenvalue weighted by atomic mass is 16.5. The van der Waals surface area contributed by atoms with Gasteiger partial charge in [-0.1, -0.05) is 20.3 Å². The predicted octanol–water partition coefficient (Wildman–Crippen LogP) is 3.13. The van der Waals surface area contributed by atoms with Crippen molar-refractivity contribution in [3.05, 3.63) is 0 Å². The molecule has 3 heteroatoms. The molecule has 3 nitrogen and oxygen atoms in total. The van der Waals surface area contributed by atoms with Gasteiger partial charge in [-0.2, -0.15) is 0 Å². The SMILES string of the molecule is CCNC1CCC(CC)CC1OCC1CCCCO1. The smallest absolute Gasteiger partial charge is 0.0808 e. The second-order valence-electron chi connectivity index (χ2n) is 6.11. The van der Waals surface area contributed by atoms with Gasteiger partial charge in [-0.3, -0.25) is 0 Å². The van der Waals surface area contributed by atoms with Crippen molar-refractivity contribution in [3.8, 4) is 0 Å². The van der Waals surface area contributed by atoms with Crippen LogP contribution in [0.2, 0.25) is 0 Å². The molecule has 1 saturated heterocycles. The van der Waals surface area contributed by atoms with Crippen LogP contribution in [0.25, 0.3) is 0 Å². The van der Waals surface area contributed by atoms with Gasteiger partial charge in [0.25, 0.3) is 0 Å². The molecule has 0 aromatic carbocycles. The monoisotopic (exact) mass is 269 g/mol. The standard InChI is InChI=1S/C16H31NO2/c1-3-13-8-9-15(17-4-2)16(11-13)19-12-14-7-5-6-10-18-14/h13-17H,3-12H2,1-2H3. The summed E-state index contributed by atoms with van der Waals surface area (Å²) in [6.07, 6.45) is 9.57. The maximum Gasteiger partial charge on any atom is 0.0808 e. The Bertz CT molecular complexity index is 241. The summed E-state index contributed by atoms with van der Waals surface area (Å²) in [5, 5.41) is 3.60. The fourth-order valence-corrected chi connectivity index (χ4v) is 3.43. The Morgan fingerprint density at radius 1 is 1.16 bits per heavy atom. The first-order valence-electron chi connectivity index (χ1n) is 8.30. The van der Waals surface area contributed by atoms with Crippen LogP contribution >= 0.6 is 0 Å². The van der Waals surface area contributed by atoms with Crippen molar-refractivity contribution in [2.45, 2.75) is 77.0 Å². The van der Waals surface area contributed by atoms with E-state index in [2.05, 4.69) is 19.2 Å². The Labute approximate surface area is 118 Å². The van der Waals surface area contributed by atoms with Gasteiger partial charge in [-0.15, -0.1) is 0 Å². The molecule has 1 aliphatic carbocycles. The average molecular weight is 269 g/mol. The molecule has 1 aliphatic heterocycles. The first-order valence-corrected chi connectivity index (χ1v) is 8.30. The molecular formula is C16H31NO2. The van der Waals surface area contributed by atoms with Crippen molar-refractivity contribution >= 4 is 0 Å². The summed E-state index contributed by atoms with van der Waals surface area (Å²) in [6.45, 7) is 7.25. The molecule has 2 fully saturated rings. The molecule has 0 radical (unpaired) electrons. The average Bonchev–Trinajstić information content (AvgIpc) is 2.47. The maximum atomic E-state index is 6.23. The van der Waals surface area contributed by atoms with Gasteiger partial charge in [0.2, 0.25) is 0 Å². The number of rotatable bonds is 6. The van der Waals surface area contributed by atoms with Crippen LogP contribution in [0, 0.1) is 5.92 Å². The van der Waals surface area contributed by atoms with Crippen LogP contribution in [-0.2, 0) is 9.47 Å². The van der Waals surface area contributed by atoms with Crippen LogP contribution in [0.5, 0.6) is 0 Å². The lowest BCUT2D eigenvalue weighted by molar-refractivity contribution is -0.0830. The third-order valence-electron chi connectivity index (χ3n) is 4.71. The summed E-state index contributed by atoms with van der Waals surface area (Å²) in [5.41, 5.74) is 0. The van der Waals surface area contributed by atoms with E-state index < -0.39 is 0 Å². The zero-order valence-electron chi connectivity index (χ0n) is 12.7. The first kappa shape index (κ1) is 15.3. The van der Waals surface area contributed by atoms with Crippen molar-refractivity contribution in [1.82, 2.24) is 5.32 Å². The normalized spacial score (nSPS) is 36.3. The minimum Gasteiger partial charge on any atom is -0.376 e. The van der Waals surface area contributed by atoms with Crippen LogP contribution in [0.15, 0.2) is 0 Å². The predicted molar refractivity (Wildman–Crippen MR) is 78.4 cm³/mol. The highest BCUT2D eigenvalue weighted by molar-refractivity contribution is 4.85. The Morgan fingerprint density at radius 2 is 2.05 bits per heavy atom. The Morgan fingerprint density at radius 3 is 2.74 bits per heavy atom. The number of hydrogen-bond donors (Lipinski definition) is 1. The van der Waals surface area contributed by atoms with Crippen molar-refractivity contribution in [2.24, 2.45) is 5.92 Å². The molecule has 2 aliphatic rings. The van der Waals surface area contributed by atoms with Gasteiger partial charge < -0.3 is 14.8 Å². The molecule has 1 N–H and O–H groups in total. The second kappa shape index (κ2) is 8.23. The summed E-state index contributed by atoms with van der Waals surface area (Å²) in [6, 6.07) is 0.552. The lowest BCUT2D eigenvalue weighted by atomic mass is 9.82. The molecule has 4 unspecified atom stereocenters. The molecule has 1 saturated carbocycles. The topological polar surface area (TPSA) is 30.5 Å². The first-order chi connectivity index (χ1) is 9.33. The fraction of sp³-hybridized carbons (Fsp3) is 1.00. The van der Waals surface area contributed by atoms with Crippen LogP contribution in [0.3, 0.4) is 0 Å². The molecule has 0 bridgehead atoms. The van der Waals surface area contributed by atoms with E-state index in [9.17, 15) is 0 Å². The van der Waals surface area contributed by atoms with Gasteiger partial charge in [0.1, 0.15) is 0 Å². The van der Waals surface area contributed by atoms with E-state index in [4.69, 9.17) is 9.47 Å². The lowest BCUT2D eigenvalue weighted by Gasteiger charge is -2.37. The van der Waals surface area contributed by atoms with E-state index in [-0.39, 0.29) is 0 Å². The highest BCUT2D eigenvalue weighted by Crippen LogP contribution is 2.29. The van der Waals surface area contributed by atoms with Gasteiger partial charge in [0.05, 0.1) is 18.8 Å².